The molecule has 132 valence electrons. The summed E-state index contributed by atoms with van der Waals surface area (Å²) in [5.74, 6) is 1.30. The van der Waals surface area contributed by atoms with E-state index in [2.05, 4.69) is 11.8 Å². The molecule has 0 aromatic rings. The van der Waals surface area contributed by atoms with Crippen LogP contribution in [0, 0.1) is 5.92 Å². The number of amides is 2. The second kappa shape index (κ2) is 9.29. The van der Waals surface area contributed by atoms with Crippen molar-refractivity contribution in [2.45, 2.75) is 83.6 Å². The summed E-state index contributed by atoms with van der Waals surface area (Å²) >= 11 is 0. The summed E-state index contributed by atoms with van der Waals surface area (Å²) in [5, 5.41) is 0. The van der Waals surface area contributed by atoms with Crippen molar-refractivity contribution in [1.82, 2.24) is 9.80 Å². The number of likely N-dealkylation sites (tertiary alicyclic amines) is 1. The maximum absolute atomic E-state index is 12.6. The molecule has 1 heterocycles. The highest BCUT2D eigenvalue weighted by Gasteiger charge is 2.35. The van der Waals surface area contributed by atoms with Gasteiger partial charge in [0.25, 0.3) is 0 Å². The second-order valence-corrected chi connectivity index (χ2v) is 7.36. The van der Waals surface area contributed by atoms with Gasteiger partial charge in [-0.05, 0) is 50.9 Å². The quantitative estimate of drug-likeness (QED) is 0.672. The number of rotatable bonds is 7. The molecule has 2 amide bonds. The first-order valence-corrected chi connectivity index (χ1v) is 9.67. The minimum atomic E-state index is 0.213. The van der Waals surface area contributed by atoms with Gasteiger partial charge in [-0.15, -0.1) is 0 Å². The van der Waals surface area contributed by atoms with Crippen molar-refractivity contribution >= 4 is 11.8 Å². The van der Waals surface area contributed by atoms with Crippen LogP contribution in [0.15, 0.2) is 0 Å². The summed E-state index contributed by atoms with van der Waals surface area (Å²) in [6.45, 7) is 3.87. The largest absolute Gasteiger partial charge is 0.346 e. The third-order valence-corrected chi connectivity index (χ3v) is 5.58. The van der Waals surface area contributed by atoms with Crippen LogP contribution in [-0.4, -0.2) is 47.8 Å². The summed E-state index contributed by atoms with van der Waals surface area (Å²) in [4.78, 5) is 28.4. The first-order valence-electron chi connectivity index (χ1n) is 9.67. The van der Waals surface area contributed by atoms with Crippen LogP contribution < -0.4 is 0 Å². The molecule has 0 spiro atoms. The van der Waals surface area contributed by atoms with E-state index in [-0.39, 0.29) is 5.91 Å². The number of piperidine rings is 1. The molecule has 23 heavy (non-hydrogen) atoms. The number of hydrogen-bond acceptors (Lipinski definition) is 2. The zero-order valence-corrected chi connectivity index (χ0v) is 15.1. The SMILES string of the molecule is CCCN(C)C(=O)CCCCC(=O)N1CCCC2CCCCC21. The molecular formula is C19H34N2O2. The fourth-order valence-electron chi connectivity index (χ4n) is 4.28. The molecule has 0 aromatic carbocycles. The average Bonchev–Trinajstić information content (AvgIpc) is 2.58. The summed E-state index contributed by atoms with van der Waals surface area (Å²) < 4.78 is 0. The fourth-order valence-corrected chi connectivity index (χ4v) is 4.28. The van der Waals surface area contributed by atoms with E-state index in [9.17, 15) is 9.59 Å². The Labute approximate surface area is 141 Å². The standard InChI is InChI=1S/C19H34N2O2/c1-3-14-20(2)18(22)12-6-7-13-19(23)21-15-8-10-16-9-4-5-11-17(16)21/h16-17H,3-15H2,1-2H3. The highest BCUT2D eigenvalue weighted by molar-refractivity contribution is 5.77. The lowest BCUT2D eigenvalue weighted by atomic mass is 9.78. The smallest absolute Gasteiger partial charge is 0.222 e. The Bertz CT molecular complexity index is 395. The molecular weight excluding hydrogens is 288 g/mol. The van der Waals surface area contributed by atoms with Gasteiger partial charge in [-0.1, -0.05) is 19.8 Å². The van der Waals surface area contributed by atoms with Gasteiger partial charge in [0.05, 0.1) is 0 Å². The summed E-state index contributed by atoms with van der Waals surface area (Å²) in [7, 11) is 1.87. The van der Waals surface area contributed by atoms with Crippen molar-refractivity contribution < 1.29 is 9.59 Å². The first-order chi connectivity index (χ1) is 11.1. The Morgan fingerprint density at radius 3 is 2.52 bits per heavy atom. The lowest BCUT2D eigenvalue weighted by Crippen LogP contribution is -2.49. The van der Waals surface area contributed by atoms with E-state index >= 15 is 0 Å². The van der Waals surface area contributed by atoms with Crippen molar-refractivity contribution in [2.24, 2.45) is 5.92 Å². The number of carbonyl (C=O) groups excluding carboxylic acids is 2. The van der Waals surface area contributed by atoms with Crippen LogP contribution in [0.1, 0.15) is 77.6 Å². The van der Waals surface area contributed by atoms with Crippen LogP contribution in [0.3, 0.4) is 0 Å². The second-order valence-electron chi connectivity index (χ2n) is 7.36. The Hall–Kier alpha value is -1.06. The van der Waals surface area contributed by atoms with E-state index in [1.807, 2.05) is 7.05 Å². The Morgan fingerprint density at radius 2 is 1.74 bits per heavy atom. The first kappa shape index (κ1) is 18.3. The molecule has 0 aromatic heterocycles. The van der Waals surface area contributed by atoms with E-state index in [0.29, 0.717) is 24.8 Å². The molecule has 1 saturated heterocycles. The third kappa shape index (κ3) is 5.22. The van der Waals surface area contributed by atoms with Crippen LogP contribution in [0.2, 0.25) is 0 Å². The average molecular weight is 322 g/mol. The van der Waals surface area contributed by atoms with Gasteiger partial charge in [0, 0.05) is 39.0 Å². The zero-order valence-electron chi connectivity index (χ0n) is 15.1. The predicted molar refractivity (Wildman–Crippen MR) is 93.1 cm³/mol. The van der Waals surface area contributed by atoms with Gasteiger partial charge >= 0.3 is 0 Å². The van der Waals surface area contributed by atoms with Gasteiger partial charge in [0.1, 0.15) is 0 Å². The van der Waals surface area contributed by atoms with Gasteiger partial charge in [-0.25, -0.2) is 0 Å². The van der Waals surface area contributed by atoms with Crippen LogP contribution in [0.5, 0.6) is 0 Å². The molecule has 0 N–H and O–H groups in total. The number of carbonyl (C=O) groups is 2. The van der Waals surface area contributed by atoms with E-state index in [1.165, 1.54) is 38.5 Å². The molecule has 2 aliphatic rings. The van der Waals surface area contributed by atoms with Crippen LogP contribution in [0.25, 0.3) is 0 Å². The number of nitrogens with zero attached hydrogens (tertiary/aromatic N) is 2. The molecule has 1 saturated carbocycles. The minimum absolute atomic E-state index is 0.213. The van der Waals surface area contributed by atoms with Crippen molar-refractivity contribution in [1.29, 1.82) is 0 Å². The van der Waals surface area contributed by atoms with Gasteiger partial charge in [-0.2, -0.15) is 0 Å². The van der Waals surface area contributed by atoms with Crippen LogP contribution in [0.4, 0.5) is 0 Å². The molecule has 0 radical (unpaired) electrons. The van der Waals surface area contributed by atoms with Crippen molar-refractivity contribution in [3.8, 4) is 0 Å². The zero-order chi connectivity index (χ0) is 16.7. The van der Waals surface area contributed by atoms with Gasteiger partial charge in [-0.3, -0.25) is 9.59 Å². The highest BCUT2D eigenvalue weighted by atomic mass is 16.2. The monoisotopic (exact) mass is 322 g/mol. The van der Waals surface area contributed by atoms with Gasteiger partial charge in [0.15, 0.2) is 0 Å². The third-order valence-electron chi connectivity index (χ3n) is 5.58. The summed E-state index contributed by atoms with van der Waals surface area (Å²) in [6, 6.07) is 0.516. The summed E-state index contributed by atoms with van der Waals surface area (Å²) in [6.07, 6.45) is 11.5. The number of unbranched alkanes of at least 4 members (excludes halogenated alkanes) is 1. The maximum atomic E-state index is 12.6. The highest BCUT2D eigenvalue weighted by Crippen LogP contribution is 2.35. The van der Waals surface area contributed by atoms with Gasteiger partial charge in [0.2, 0.25) is 11.8 Å². The van der Waals surface area contributed by atoms with Crippen LogP contribution >= 0.6 is 0 Å². The van der Waals surface area contributed by atoms with E-state index in [1.54, 1.807) is 4.90 Å². The van der Waals surface area contributed by atoms with E-state index < -0.39 is 0 Å². The Balaban J connectivity index is 1.69. The van der Waals surface area contributed by atoms with Crippen molar-refractivity contribution in [3.63, 3.8) is 0 Å². The molecule has 4 nitrogen and oxygen atoms in total. The molecule has 2 fully saturated rings. The maximum Gasteiger partial charge on any atom is 0.222 e. The van der Waals surface area contributed by atoms with Crippen LogP contribution in [-0.2, 0) is 9.59 Å². The van der Waals surface area contributed by atoms with E-state index in [0.717, 1.165) is 38.3 Å². The molecule has 1 aliphatic heterocycles. The predicted octanol–water partition coefficient (Wildman–Crippen LogP) is 3.60. The lowest BCUT2D eigenvalue weighted by Gasteiger charge is -2.44. The Kier molecular flexibility index (Phi) is 7.38. The fraction of sp³-hybridized carbons (Fsp3) is 0.895. The molecule has 4 heteroatoms. The van der Waals surface area contributed by atoms with Crippen molar-refractivity contribution in [2.75, 3.05) is 20.1 Å². The Morgan fingerprint density at radius 1 is 1.04 bits per heavy atom. The lowest BCUT2D eigenvalue weighted by molar-refractivity contribution is -0.138. The van der Waals surface area contributed by atoms with Gasteiger partial charge < -0.3 is 9.80 Å². The van der Waals surface area contributed by atoms with E-state index in [4.69, 9.17) is 0 Å². The molecule has 2 rings (SSSR count). The summed E-state index contributed by atoms with van der Waals surface area (Å²) in [5.41, 5.74) is 0. The number of hydrogen-bond donors (Lipinski definition) is 0. The minimum Gasteiger partial charge on any atom is -0.346 e. The normalized spacial score (nSPS) is 24.2. The molecule has 2 unspecified atom stereocenters. The molecule has 1 aliphatic carbocycles. The topological polar surface area (TPSA) is 40.6 Å². The van der Waals surface area contributed by atoms with Crippen molar-refractivity contribution in [3.05, 3.63) is 0 Å². The molecule has 2 atom stereocenters. The number of fused-ring (bicyclic) bond motifs is 1. The molecule has 0 bridgehead atoms.